The zero-order chi connectivity index (χ0) is 17.3. The van der Waals surface area contributed by atoms with Crippen LogP contribution in [0.2, 0.25) is 0 Å². The highest BCUT2D eigenvalue weighted by Crippen LogP contribution is 2.28. The molecule has 0 bridgehead atoms. The lowest BCUT2D eigenvalue weighted by Crippen LogP contribution is -2.33. The van der Waals surface area contributed by atoms with E-state index in [9.17, 15) is 0 Å². The molecule has 0 fully saturated rings. The molecule has 122 valence electrons. The van der Waals surface area contributed by atoms with E-state index < -0.39 is 0 Å². The lowest BCUT2D eigenvalue weighted by atomic mass is 10.2. The number of aromatic nitrogens is 2. The maximum atomic E-state index is 5.99. The minimum absolute atomic E-state index is 0.496. The van der Waals surface area contributed by atoms with Crippen LogP contribution in [0.3, 0.4) is 0 Å². The third-order valence-electron chi connectivity index (χ3n) is 4.03. The van der Waals surface area contributed by atoms with E-state index in [1.54, 1.807) is 0 Å². The van der Waals surface area contributed by atoms with E-state index in [0.29, 0.717) is 5.82 Å². The van der Waals surface area contributed by atoms with Gasteiger partial charge in [0.1, 0.15) is 22.1 Å². The van der Waals surface area contributed by atoms with Gasteiger partial charge < -0.3 is 10.6 Å². The summed E-state index contributed by atoms with van der Waals surface area (Å²) in [6.07, 6.45) is 4.08. The van der Waals surface area contributed by atoms with E-state index >= 15 is 0 Å². The highest BCUT2D eigenvalue weighted by molar-refractivity contribution is 9.10. The molecule has 5 heteroatoms. The number of rotatable bonds is 2. The van der Waals surface area contributed by atoms with Crippen molar-refractivity contribution in [1.82, 2.24) is 9.97 Å². The summed E-state index contributed by atoms with van der Waals surface area (Å²) in [7, 11) is 1.96. The van der Waals surface area contributed by atoms with Gasteiger partial charge in [-0.2, -0.15) is 0 Å². The predicted octanol–water partition coefficient (Wildman–Crippen LogP) is 3.34. The molecule has 2 N–H and O–H groups in total. The van der Waals surface area contributed by atoms with Gasteiger partial charge in [0.2, 0.25) is 0 Å². The normalized spacial score (nSPS) is 12.8. The van der Waals surface area contributed by atoms with Crippen LogP contribution in [0.15, 0.2) is 41.0 Å². The van der Waals surface area contributed by atoms with Crippen molar-refractivity contribution in [2.75, 3.05) is 17.7 Å². The summed E-state index contributed by atoms with van der Waals surface area (Å²) in [6.45, 7) is 4.00. The standard InChI is InChI=1S/C19H19BrN4/c1-4-12-10-16(21)22-19(14(12)5-2)24(3)17-11-13-8-6-7-9-15(13)18(20)23-17/h4-11H,21H2,1-3H3/b12-4-,14-5+. The Morgan fingerprint density at radius 2 is 1.83 bits per heavy atom. The molecule has 0 saturated carbocycles. The molecule has 1 aromatic carbocycles. The van der Waals surface area contributed by atoms with Crippen LogP contribution in [0.25, 0.3) is 22.9 Å². The maximum Gasteiger partial charge on any atom is 0.143 e. The van der Waals surface area contributed by atoms with Crippen molar-refractivity contribution in [1.29, 1.82) is 0 Å². The molecule has 0 spiro atoms. The summed E-state index contributed by atoms with van der Waals surface area (Å²) in [5, 5.41) is 4.31. The van der Waals surface area contributed by atoms with Gasteiger partial charge in [-0.25, -0.2) is 9.97 Å². The van der Waals surface area contributed by atoms with Crippen LogP contribution < -0.4 is 21.1 Å². The van der Waals surface area contributed by atoms with E-state index in [-0.39, 0.29) is 0 Å². The van der Waals surface area contributed by atoms with E-state index in [1.165, 1.54) is 0 Å². The topological polar surface area (TPSA) is 55.0 Å². The fourth-order valence-corrected chi connectivity index (χ4v) is 3.34. The summed E-state index contributed by atoms with van der Waals surface area (Å²) in [5.41, 5.74) is 5.99. The Morgan fingerprint density at radius 3 is 2.54 bits per heavy atom. The first kappa shape index (κ1) is 16.5. The monoisotopic (exact) mass is 382 g/mol. The van der Waals surface area contributed by atoms with Gasteiger partial charge in [0.15, 0.2) is 0 Å². The number of benzene rings is 1. The van der Waals surface area contributed by atoms with Crippen molar-refractivity contribution in [3.05, 3.63) is 51.4 Å². The van der Waals surface area contributed by atoms with E-state index in [1.807, 2.05) is 62.2 Å². The molecule has 3 rings (SSSR count). The van der Waals surface area contributed by atoms with E-state index in [0.717, 1.165) is 37.4 Å². The number of hydrogen-bond donors (Lipinski definition) is 1. The molecule has 0 amide bonds. The number of nitrogens with two attached hydrogens (primary N) is 1. The first-order chi connectivity index (χ1) is 11.5. The molecule has 0 aliphatic rings. The van der Waals surface area contributed by atoms with Crippen molar-refractivity contribution in [2.24, 2.45) is 0 Å². The molecule has 0 aliphatic heterocycles. The van der Waals surface area contributed by atoms with Crippen LogP contribution in [0.4, 0.5) is 17.5 Å². The summed E-state index contributed by atoms with van der Waals surface area (Å²) in [6, 6.07) is 12.1. The van der Waals surface area contributed by atoms with Gasteiger partial charge in [-0.3, -0.25) is 0 Å². The number of nitrogens with zero attached hydrogens (tertiary/aromatic N) is 3. The van der Waals surface area contributed by atoms with Gasteiger partial charge in [-0.1, -0.05) is 36.4 Å². The number of fused-ring (bicyclic) bond motifs is 1. The van der Waals surface area contributed by atoms with Crippen LogP contribution in [-0.2, 0) is 0 Å². The molecule has 0 aliphatic carbocycles. The van der Waals surface area contributed by atoms with Crippen molar-refractivity contribution >= 4 is 56.3 Å². The average Bonchev–Trinajstić information content (AvgIpc) is 2.60. The van der Waals surface area contributed by atoms with Crippen LogP contribution in [0.1, 0.15) is 13.8 Å². The molecule has 2 heterocycles. The van der Waals surface area contributed by atoms with E-state index in [4.69, 9.17) is 5.73 Å². The number of anilines is 3. The quantitative estimate of drug-likeness (QED) is 0.690. The average molecular weight is 383 g/mol. The minimum atomic E-state index is 0.496. The van der Waals surface area contributed by atoms with Gasteiger partial charge in [0.25, 0.3) is 0 Å². The Bertz CT molecular complexity index is 1030. The second-order valence-corrected chi connectivity index (χ2v) is 6.25. The first-order valence-electron chi connectivity index (χ1n) is 7.73. The molecule has 3 aromatic rings. The molecule has 0 atom stereocenters. The second kappa shape index (κ2) is 6.61. The molecule has 24 heavy (non-hydrogen) atoms. The third-order valence-corrected chi connectivity index (χ3v) is 4.64. The molecule has 0 radical (unpaired) electrons. The zero-order valence-corrected chi connectivity index (χ0v) is 15.5. The van der Waals surface area contributed by atoms with Crippen LogP contribution >= 0.6 is 15.9 Å². The molecule has 2 aromatic heterocycles. The van der Waals surface area contributed by atoms with Gasteiger partial charge in [0, 0.05) is 17.7 Å². The predicted molar refractivity (Wildman–Crippen MR) is 106 cm³/mol. The smallest absolute Gasteiger partial charge is 0.143 e. The summed E-state index contributed by atoms with van der Waals surface area (Å²) in [5.74, 6) is 2.10. The zero-order valence-electron chi connectivity index (χ0n) is 13.9. The van der Waals surface area contributed by atoms with Crippen LogP contribution in [0, 0.1) is 0 Å². The number of halogens is 1. The Hall–Kier alpha value is -2.40. The fraction of sp³-hybridized carbons (Fsp3) is 0.158. The third kappa shape index (κ3) is 2.87. The van der Waals surface area contributed by atoms with Crippen LogP contribution in [-0.4, -0.2) is 17.0 Å². The summed E-state index contributed by atoms with van der Waals surface area (Å²) < 4.78 is 0.815. The Morgan fingerprint density at radius 1 is 1.08 bits per heavy atom. The molecular formula is C19H19BrN4. The maximum absolute atomic E-state index is 5.99. The van der Waals surface area contributed by atoms with Crippen molar-refractivity contribution in [3.8, 4) is 0 Å². The van der Waals surface area contributed by atoms with Crippen molar-refractivity contribution in [3.63, 3.8) is 0 Å². The minimum Gasteiger partial charge on any atom is -0.384 e. The molecule has 0 unspecified atom stereocenters. The highest BCUT2D eigenvalue weighted by Gasteiger charge is 2.12. The fourth-order valence-electron chi connectivity index (χ4n) is 2.79. The lowest BCUT2D eigenvalue weighted by Gasteiger charge is -2.19. The Kier molecular flexibility index (Phi) is 4.53. The van der Waals surface area contributed by atoms with Gasteiger partial charge in [0.05, 0.1) is 0 Å². The molecular weight excluding hydrogens is 364 g/mol. The number of nitrogen functional groups attached to an aromatic ring is 1. The summed E-state index contributed by atoms with van der Waals surface area (Å²) >= 11 is 3.57. The lowest BCUT2D eigenvalue weighted by molar-refractivity contribution is 1.06. The second-order valence-electron chi connectivity index (χ2n) is 5.50. The van der Waals surface area contributed by atoms with Gasteiger partial charge in [-0.05, 0) is 52.5 Å². The number of pyridine rings is 2. The van der Waals surface area contributed by atoms with Crippen LogP contribution in [0.5, 0.6) is 0 Å². The molecule has 4 nitrogen and oxygen atoms in total. The van der Waals surface area contributed by atoms with E-state index in [2.05, 4.69) is 38.0 Å². The Balaban J connectivity index is 2.24. The highest BCUT2D eigenvalue weighted by atomic mass is 79.9. The first-order valence-corrected chi connectivity index (χ1v) is 8.52. The van der Waals surface area contributed by atoms with Gasteiger partial charge in [-0.15, -0.1) is 0 Å². The van der Waals surface area contributed by atoms with Gasteiger partial charge >= 0.3 is 0 Å². The number of hydrogen-bond acceptors (Lipinski definition) is 4. The molecule has 0 saturated heterocycles. The van der Waals surface area contributed by atoms with Crippen molar-refractivity contribution in [2.45, 2.75) is 13.8 Å². The SMILES string of the molecule is C/C=c1/cc(N)nc(N(C)c2cc3ccccc3c(Br)n2)/c1=C/C. The Labute approximate surface area is 149 Å². The largest absolute Gasteiger partial charge is 0.384 e. The summed E-state index contributed by atoms with van der Waals surface area (Å²) in [4.78, 5) is 11.2. The van der Waals surface area contributed by atoms with Crippen molar-refractivity contribution < 1.29 is 0 Å².